The monoisotopic (exact) mass is 689 g/mol. The van der Waals surface area contributed by atoms with Crippen LogP contribution in [-0.4, -0.2) is 0 Å². The average molecular weight is 690 g/mol. The third kappa shape index (κ3) is 5.77. The Bertz CT molecular complexity index is 2650. The van der Waals surface area contributed by atoms with E-state index in [1.807, 2.05) is 12.1 Å². The van der Waals surface area contributed by atoms with Crippen molar-refractivity contribution in [3.63, 3.8) is 0 Å². The van der Waals surface area contributed by atoms with Crippen molar-refractivity contribution in [2.45, 2.75) is 52.4 Å². The Morgan fingerprint density at radius 1 is 0.377 bits per heavy atom. The molecule has 3 heteroatoms. The standard InChI is InChI=1S/C50H43NO2/c1-49(2,3)36-22-14-32(15-23-36)34-18-26-38(27-19-34)51(39-28-20-35(21-29-39)33-16-24-37(25-17-33)50(4,5)6)42-11-9-13-44-46(42)47-45(52-44)31-30-41-40-10-7-8-12-43(40)53-48(41)47/h7-31H,1-6H3. The van der Waals surface area contributed by atoms with Crippen molar-refractivity contribution in [2.75, 3.05) is 4.90 Å². The Labute approximate surface area is 311 Å². The van der Waals surface area contributed by atoms with Gasteiger partial charge in [-0.25, -0.2) is 0 Å². The highest BCUT2D eigenvalue weighted by atomic mass is 16.3. The molecule has 0 saturated carbocycles. The molecule has 9 aromatic rings. The van der Waals surface area contributed by atoms with Gasteiger partial charge in [0.1, 0.15) is 22.3 Å². The second-order valence-corrected chi connectivity index (χ2v) is 16.2. The number of fused-ring (bicyclic) bond motifs is 7. The van der Waals surface area contributed by atoms with Crippen LogP contribution in [0.5, 0.6) is 0 Å². The first-order valence-corrected chi connectivity index (χ1v) is 18.5. The number of para-hydroxylation sites is 1. The highest BCUT2D eigenvalue weighted by molar-refractivity contribution is 6.25. The third-order valence-corrected chi connectivity index (χ3v) is 10.6. The molecule has 0 unspecified atom stereocenters. The minimum Gasteiger partial charge on any atom is -0.456 e. The zero-order valence-corrected chi connectivity index (χ0v) is 31.2. The maximum Gasteiger partial charge on any atom is 0.147 e. The van der Waals surface area contributed by atoms with E-state index < -0.39 is 0 Å². The van der Waals surface area contributed by atoms with Gasteiger partial charge < -0.3 is 13.7 Å². The molecule has 2 aromatic heterocycles. The molecule has 0 spiro atoms. The van der Waals surface area contributed by atoms with Crippen LogP contribution in [0.2, 0.25) is 0 Å². The van der Waals surface area contributed by atoms with Gasteiger partial charge in [0.25, 0.3) is 0 Å². The molecule has 0 fully saturated rings. The third-order valence-electron chi connectivity index (χ3n) is 10.6. The largest absolute Gasteiger partial charge is 0.456 e. The summed E-state index contributed by atoms with van der Waals surface area (Å²) in [4.78, 5) is 2.34. The summed E-state index contributed by atoms with van der Waals surface area (Å²) >= 11 is 0. The summed E-state index contributed by atoms with van der Waals surface area (Å²) in [5.41, 5.74) is 14.1. The Morgan fingerprint density at radius 3 is 1.38 bits per heavy atom. The van der Waals surface area contributed by atoms with Gasteiger partial charge in [-0.15, -0.1) is 0 Å². The minimum atomic E-state index is 0.112. The van der Waals surface area contributed by atoms with E-state index >= 15 is 0 Å². The molecule has 0 amide bonds. The van der Waals surface area contributed by atoms with E-state index in [9.17, 15) is 0 Å². The summed E-state index contributed by atoms with van der Waals surface area (Å²) in [5, 5.41) is 4.20. The highest BCUT2D eigenvalue weighted by Crippen LogP contribution is 2.46. The van der Waals surface area contributed by atoms with Crippen LogP contribution in [0, 0.1) is 0 Å². The summed E-state index contributed by atoms with van der Waals surface area (Å²) in [7, 11) is 0. The molecule has 0 atom stereocenters. The molecule has 53 heavy (non-hydrogen) atoms. The zero-order chi connectivity index (χ0) is 36.5. The van der Waals surface area contributed by atoms with E-state index in [4.69, 9.17) is 8.83 Å². The second kappa shape index (κ2) is 12.3. The Morgan fingerprint density at radius 2 is 0.849 bits per heavy atom. The summed E-state index contributed by atoms with van der Waals surface area (Å²) in [6.07, 6.45) is 0. The molecular weight excluding hydrogens is 647 g/mol. The molecule has 0 radical (unpaired) electrons. The molecule has 0 aliphatic heterocycles. The van der Waals surface area contributed by atoms with Crippen LogP contribution in [-0.2, 0) is 10.8 Å². The molecular formula is C50H43NO2. The predicted octanol–water partition coefficient (Wildman–Crippen LogP) is 14.9. The fourth-order valence-corrected chi connectivity index (χ4v) is 7.61. The average Bonchev–Trinajstić information content (AvgIpc) is 3.74. The van der Waals surface area contributed by atoms with Gasteiger partial charge in [-0.2, -0.15) is 0 Å². The lowest BCUT2D eigenvalue weighted by Crippen LogP contribution is -2.11. The number of furan rings is 2. The fraction of sp³-hybridized carbons (Fsp3) is 0.160. The molecule has 0 N–H and O–H groups in total. The van der Waals surface area contributed by atoms with Crippen molar-refractivity contribution in [2.24, 2.45) is 0 Å². The topological polar surface area (TPSA) is 29.5 Å². The van der Waals surface area contributed by atoms with Gasteiger partial charge in [0, 0.05) is 22.1 Å². The van der Waals surface area contributed by atoms with Gasteiger partial charge in [0.05, 0.1) is 16.5 Å². The van der Waals surface area contributed by atoms with Gasteiger partial charge >= 0.3 is 0 Å². The van der Waals surface area contributed by atoms with Crippen molar-refractivity contribution in [1.82, 2.24) is 0 Å². The summed E-state index contributed by atoms with van der Waals surface area (Å²) in [6.45, 7) is 13.5. The summed E-state index contributed by atoms with van der Waals surface area (Å²) in [5.74, 6) is 0. The number of nitrogens with zero attached hydrogens (tertiary/aromatic N) is 1. The molecule has 0 bridgehead atoms. The van der Waals surface area contributed by atoms with Crippen LogP contribution < -0.4 is 4.90 Å². The lowest BCUT2D eigenvalue weighted by molar-refractivity contribution is 0.590. The second-order valence-electron chi connectivity index (χ2n) is 16.2. The van der Waals surface area contributed by atoms with Crippen molar-refractivity contribution >= 4 is 60.9 Å². The Balaban J connectivity index is 1.20. The summed E-state index contributed by atoms with van der Waals surface area (Å²) < 4.78 is 13.1. The molecule has 260 valence electrons. The van der Waals surface area contributed by atoms with E-state index in [-0.39, 0.29) is 10.8 Å². The molecule has 0 saturated heterocycles. The van der Waals surface area contributed by atoms with E-state index in [1.165, 1.54) is 33.4 Å². The lowest BCUT2D eigenvalue weighted by Gasteiger charge is -2.27. The van der Waals surface area contributed by atoms with Crippen LogP contribution in [0.25, 0.3) is 66.1 Å². The number of anilines is 3. The van der Waals surface area contributed by atoms with E-state index in [0.29, 0.717) is 0 Å². The van der Waals surface area contributed by atoms with Gasteiger partial charge in [-0.05, 0) is 98.8 Å². The van der Waals surface area contributed by atoms with Crippen LogP contribution in [0.4, 0.5) is 17.1 Å². The van der Waals surface area contributed by atoms with Gasteiger partial charge in [-0.1, -0.05) is 139 Å². The van der Waals surface area contributed by atoms with Gasteiger partial charge in [-0.3, -0.25) is 0 Å². The van der Waals surface area contributed by atoms with Crippen LogP contribution >= 0.6 is 0 Å². The smallest absolute Gasteiger partial charge is 0.147 e. The highest BCUT2D eigenvalue weighted by Gasteiger charge is 2.23. The Hall–Kier alpha value is -6.06. The van der Waals surface area contributed by atoms with Gasteiger partial charge in [0.15, 0.2) is 0 Å². The van der Waals surface area contributed by atoms with Crippen LogP contribution in [0.1, 0.15) is 52.7 Å². The lowest BCUT2D eigenvalue weighted by atomic mass is 9.86. The van der Waals surface area contributed by atoms with Crippen molar-refractivity contribution in [3.05, 3.63) is 163 Å². The Kier molecular flexibility index (Phi) is 7.60. The fourth-order valence-electron chi connectivity index (χ4n) is 7.61. The first-order valence-electron chi connectivity index (χ1n) is 18.5. The number of benzene rings is 7. The van der Waals surface area contributed by atoms with Crippen molar-refractivity contribution in [1.29, 1.82) is 0 Å². The number of hydrogen-bond acceptors (Lipinski definition) is 3. The molecule has 0 aliphatic carbocycles. The van der Waals surface area contributed by atoms with Crippen molar-refractivity contribution < 1.29 is 8.83 Å². The zero-order valence-electron chi connectivity index (χ0n) is 31.2. The van der Waals surface area contributed by atoms with E-state index in [0.717, 1.165) is 60.9 Å². The van der Waals surface area contributed by atoms with Gasteiger partial charge in [0.2, 0.25) is 0 Å². The molecule has 7 aromatic carbocycles. The summed E-state index contributed by atoms with van der Waals surface area (Å²) in [6, 6.07) is 54.5. The first-order chi connectivity index (χ1) is 25.5. The number of hydrogen-bond donors (Lipinski definition) is 0. The SMILES string of the molecule is CC(C)(C)c1ccc(-c2ccc(N(c3ccc(-c4ccc(C(C)(C)C)cc4)cc3)c3cccc4oc5ccc6c7ccccc7oc6c5c34)cc2)cc1. The first kappa shape index (κ1) is 32.8. The van der Waals surface area contributed by atoms with E-state index in [1.54, 1.807) is 0 Å². The maximum absolute atomic E-state index is 6.59. The quantitative estimate of drug-likeness (QED) is 0.180. The normalized spacial score (nSPS) is 12.3. The van der Waals surface area contributed by atoms with Crippen LogP contribution in [0.3, 0.4) is 0 Å². The number of rotatable bonds is 5. The minimum absolute atomic E-state index is 0.112. The maximum atomic E-state index is 6.59. The van der Waals surface area contributed by atoms with E-state index in [2.05, 4.69) is 186 Å². The van der Waals surface area contributed by atoms with Crippen molar-refractivity contribution in [3.8, 4) is 22.3 Å². The molecule has 2 heterocycles. The predicted molar refractivity (Wildman–Crippen MR) is 224 cm³/mol. The molecule has 9 rings (SSSR count). The van der Waals surface area contributed by atoms with Crippen LogP contribution in [0.15, 0.2) is 160 Å². The molecule has 3 nitrogen and oxygen atoms in total. The molecule has 0 aliphatic rings.